The summed E-state index contributed by atoms with van der Waals surface area (Å²) in [4.78, 5) is 12.2. The Morgan fingerprint density at radius 3 is 2.32 bits per heavy atom. The number of benzene rings is 1. The minimum atomic E-state index is -0.356. The minimum absolute atomic E-state index is 0.117. The van der Waals surface area contributed by atoms with Crippen LogP contribution >= 0.6 is 12.2 Å². The van der Waals surface area contributed by atoms with Crippen molar-refractivity contribution in [2.75, 3.05) is 27.9 Å². The summed E-state index contributed by atoms with van der Waals surface area (Å²) in [6.07, 6.45) is 0. The molecule has 0 bridgehead atoms. The molecule has 1 rings (SSSR count). The SMILES string of the molecule is COc1ccc(C(=O)NCC(N)=S)c(OC)c1OC. The molecule has 1 aromatic rings. The fourth-order valence-corrected chi connectivity index (χ4v) is 1.61. The van der Waals surface area contributed by atoms with Gasteiger partial charge in [-0.1, -0.05) is 12.2 Å². The van der Waals surface area contributed by atoms with Gasteiger partial charge in [-0.15, -0.1) is 0 Å². The lowest BCUT2D eigenvalue weighted by Crippen LogP contribution is -2.32. The van der Waals surface area contributed by atoms with Crippen LogP contribution in [0, 0.1) is 0 Å². The Kier molecular flexibility index (Phi) is 5.37. The average Bonchev–Trinajstić information content (AvgIpc) is 2.42. The van der Waals surface area contributed by atoms with E-state index in [9.17, 15) is 4.79 Å². The Morgan fingerprint density at radius 2 is 1.84 bits per heavy atom. The monoisotopic (exact) mass is 284 g/mol. The van der Waals surface area contributed by atoms with Gasteiger partial charge in [0.05, 0.1) is 38.4 Å². The molecule has 3 N–H and O–H groups in total. The number of amides is 1. The lowest BCUT2D eigenvalue weighted by molar-refractivity contribution is 0.0955. The van der Waals surface area contributed by atoms with Crippen LogP contribution in [-0.4, -0.2) is 38.8 Å². The molecule has 0 aliphatic carbocycles. The van der Waals surface area contributed by atoms with Crippen LogP contribution < -0.4 is 25.3 Å². The smallest absolute Gasteiger partial charge is 0.255 e. The van der Waals surface area contributed by atoms with Crippen LogP contribution in [0.15, 0.2) is 12.1 Å². The fourth-order valence-electron chi connectivity index (χ4n) is 1.54. The molecule has 104 valence electrons. The number of thiocarbonyl (C=S) groups is 1. The zero-order chi connectivity index (χ0) is 14.4. The van der Waals surface area contributed by atoms with E-state index in [0.29, 0.717) is 22.8 Å². The second-order valence-electron chi connectivity index (χ2n) is 3.53. The number of nitrogens with two attached hydrogens (primary N) is 1. The van der Waals surface area contributed by atoms with Gasteiger partial charge < -0.3 is 25.3 Å². The van der Waals surface area contributed by atoms with Crippen molar-refractivity contribution in [2.45, 2.75) is 0 Å². The number of hydrogen-bond donors (Lipinski definition) is 2. The lowest BCUT2D eigenvalue weighted by atomic mass is 10.1. The molecule has 0 aromatic heterocycles. The van der Waals surface area contributed by atoms with Crippen LogP contribution in [0.25, 0.3) is 0 Å². The van der Waals surface area contributed by atoms with Gasteiger partial charge in [-0.25, -0.2) is 0 Å². The number of ether oxygens (including phenoxy) is 3. The summed E-state index contributed by atoms with van der Waals surface area (Å²) < 4.78 is 15.5. The molecule has 19 heavy (non-hydrogen) atoms. The van der Waals surface area contributed by atoms with Gasteiger partial charge in [0, 0.05) is 0 Å². The highest BCUT2D eigenvalue weighted by molar-refractivity contribution is 7.80. The zero-order valence-electron chi connectivity index (χ0n) is 11.0. The van der Waals surface area contributed by atoms with E-state index in [1.807, 2.05) is 0 Å². The number of rotatable bonds is 6. The third kappa shape index (κ3) is 3.47. The van der Waals surface area contributed by atoms with Crippen molar-refractivity contribution in [3.05, 3.63) is 17.7 Å². The van der Waals surface area contributed by atoms with Crippen molar-refractivity contribution in [1.29, 1.82) is 0 Å². The third-order valence-corrected chi connectivity index (χ3v) is 2.52. The van der Waals surface area contributed by atoms with Gasteiger partial charge in [0.25, 0.3) is 5.91 Å². The van der Waals surface area contributed by atoms with E-state index in [-0.39, 0.29) is 17.4 Å². The highest BCUT2D eigenvalue weighted by Gasteiger charge is 2.20. The molecule has 1 aromatic carbocycles. The molecular formula is C12H16N2O4S. The summed E-state index contributed by atoms with van der Waals surface area (Å²) in [5.41, 5.74) is 5.65. The summed E-state index contributed by atoms with van der Waals surface area (Å²) in [7, 11) is 4.42. The first-order valence-corrected chi connectivity index (χ1v) is 5.81. The number of carbonyl (C=O) groups excluding carboxylic acids is 1. The molecule has 1 amide bonds. The highest BCUT2D eigenvalue weighted by atomic mass is 32.1. The summed E-state index contributed by atoms with van der Waals surface area (Å²) >= 11 is 4.70. The van der Waals surface area contributed by atoms with E-state index >= 15 is 0 Å². The van der Waals surface area contributed by atoms with Crippen molar-refractivity contribution in [3.63, 3.8) is 0 Å². The molecule has 0 saturated carbocycles. The van der Waals surface area contributed by atoms with E-state index in [4.69, 9.17) is 32.2 Å². The standard InChI is InChI=1S/C12H16N2O4S/c1-16-8-5-4-7(10(17-2)11(8)18-3)12(15)14-6-9(13)19/h4-5H,6H2,1-3H3,(H2,13,19)(H,14,15). The zero-order valence-corrected chi connectivity index (χ0v) is 11.8. The second kappa shape index (κ2) is 6.79. The van der Waals surface area contributed by atoms with Crippen LogP contribution in [0.5, 0.6) is 17.2 Å². The fraction of sp³-hybridized carbons (Fsp3) is 0.333. The molecule has 6 nitrogen and oxygen atoms in total. The molecule has 0 aliphatic rings. The van der Waals surface area contributed by atoms with Crippen LogP contribution in [0.4, 0.5) is 0 Å². The second-order valence-corrected chi connectivity index (χ2v) is 4.06. The molecule has 0 fully saturated rings. The van der Waals surface area contributed by atoms with Gasteiger partial charge in [-0.3, -0.25) is 4.79 Å². The first kappa shape index (κ1) is 15.0. The van der Waals surface area contributed by atoms with Crippen molar-refractivity contribution < 1.29 is 19.0 Å². The summed E-state index contributed by atoms with van der Waals surface area (Å²) in [5.74, 6) is 0.770. The van der Waals surface area contributed by atoms with Crippen molar-refractivity contribution >= 4 is 23.1 Å². The molecule has 0 spiro atoms. The van der Waals surface area contributed by atoms with Gasteiger partial charge in [-0.05, 0) is 12.1 Å². The van der Waals surface area contributed by atoms with Crippen molar-refractivity contribution in [1.82, 2.24) is 5.32 Å². The number of methoxy groups -OCH3 is 3. The number of hydrogen-bond acceptors (Lipinski definition) is 5. The molecule has 0 saturated heterocycles. The van der Waals surface area contributed by atoms with Crippen LogP contribution in [0.2, 0.25) is 0 Å². The van der Waals surface area contributed by atoms with Gasteiger partial charge >= 0.3 is 0 Å². The minimum Gasteiger partial charge on any atom is -0.493 e. The van der Waals surface area contributed by atoms with Crippen LogP contribution in [0.3, 0.4) is 0 Å². The Hall–Kier alpha value is -2.02. The van der Waals surface area contributed by atoms with E-state index in [0.717, 1.165) is 0 Å². The van der Waals surface area contributed by atoms with E-state index in [2.05, 4.69) is 5.32 Å². The molecular weight excluding hydrogens is 268 g/mol. The molecule has 0 heterocycles. The van der Waals surface area contributed by atoms with Gasteiger partial charge in [-0.2, -0.15) is 0 Å². The van der Waals surface area contributed by atoms with Gasteiger partial charge in [0.2, 0.25) is 5.75 Å². The predicted octanol–water partition coefficient (Wildman–Crippen LogP) is 0.728. The molecule has 0 unspecified atom stereocenters. The average molecular weight is 284 g/mol. The van der Waals surface area contributed by atoms with E-state index in [1.165, 1.54) is 21.3 Å². The number of nitrogens with one attached hydrogen (secondary N) is 1. The van der Waals surface area contributed by atoms with Crippen molar-refractivity contribution in [3.8, 4) is 17.2 Å². The van der Waals surface area contributed by atoms with Crippen molar-refractivity contribution in [2.24, 2.45) is 5.73 Å². The highest BCUT2D eigenvalue weighted by Crippen LogP contribution is 2.39. The van der Waals surface area contributed by atoms with Gasteiger partial charge in [0.1, 0.15) is 0 Å². The Bertz CT molecular complexity index is 491. The molecule has 0 radical (unpaired) electrons. The maximum absolute atomic E-state index is 12.0. The number of carbonyl (C=O) groups is 1. The topological polar surface area (TPSA) is 82.8 Å². The van der Waals surface area contributed by atoms with Crippen LogP contribution in [0.1, 0.15) is 10.4 Å². The summed E-state index contributed by atoms with van der Waals surface area (Å²) in [6, 6.07) is 3.20. The lowest BCUT2D eigenvalue weighted by Gasteiger charge is -2.15. The first-order chi connectivity index (χ1) is 9.04. The summed E-state index contributed by atoms with van der Waals surface area (Å²) in [6.45, 7) is 0.117. The molecule has 7 heteroatoms. The van der Waals surface area contributed by atoms with E-state index < -0.39 is 0 Å². The van der Waals surface area contributed by atoms with E-state index in [1.54, 1.807) is 12.1 Å². The Balaban J connectivity index is 3.13. The third-order valence-electron chi connectivity index (χ3n) is 2.37. The normalized spacial score (nSPS) is 9.63. The van der Waals surface area contributed by atoms with Crippen LogP contribution in [-0.2, 0) is 0 Å². The Labute approximate surface area is 116 Å². The first-order valence-electron chi connectivity index (χ1n) is 5.40. The molecule has 0 aliphatic heterocycles. The maximum Gasteiger partial charge on any atom is 0.255 e. The Morgan fingerprint density at radius 1 is 1.21 bits per heavy atom. The predicted molar refractivity (Wildman–Crippen MR) is 75.2 cm³/mol. The summed E-state index contributed by atoms with van der Waals surface area (Å²) in [5, 5.41) is 2.58. The largest absolute Gasteiger partial charge is 0.493 e. The maximum atomic E-state index is 12.0. The quantitative estimate of drug-likeness (QED) is 0.749. The van der Waals surface area contributed by atoms with Gasteiger partial charge in [0.15, 0.2) is 11.5 Å². The molecule has 0 atom stereocenters.